The Balaban J connectivity index is 0.00000200. The fourth-order valence-electron chi connectivity index (χ4n) is 1.82. The van der Waals surface area contributed by atoms with Gasteiger partial charge in [-0.25, -0.2) is 0 Å². The summed E-state index contributed by atoms with van der Waals surface area (Å²) in [5, 5.41) is 24.3. The molecule has 2 aromatic carbocycles. The summed E-state index contributed by atoms with van der Waals surface area (Å²) in [6, 6.07) is 19.1. The molecule has 0 atom stereocenters. The van der Waals surface area contributed by atoms with Crippen LogP contribution in [0.2, 0.25) is 0 Å². The quantitative estimate of drug-likeness (QED) is 0.362. The van der Waals surface area contributed by atoms with Crippen LogP contribution in [0.25, 0.3) is 0 Å². The third kappa shape index (κ3) is 4.85. The zero-order valence-electron chi connectivity index (χ0n) is 11.4. The van der Waals surface area contributed by atoms with Crippen molar-refractivity contribution in [2.45, 2.75) is 13.1 Å². The molecule has 5 nitrogen and oxygen atoms in total. The molecule has 2 rings (SSSR count). The summed E-state index contributed by atoms with van der Waals surface area (Å²) in [7, 11) is 0. The average Bonchev–Trinajstić information content (AvgIpc) is 2.48. The second kappa shape index (κ2) is 8.58. The van der Waals surface area contributed by atoms with E-state index in [0.29, 0.717) is 13.1 Å². The summed E-state index contributed by atoms with van der Waals surface area (Å²) < 4.78 is 0. The van der Waals surface area contributed by atoms with Crippen molar-refractivity contribution in [2.24, 2.45) is 5.28 Å². The summed E-state index contributed by atoms with van der Waals surface area (Å²) in [6.07, 6.45) is 0. The SMILES string of the molecule is [Na+].[O-][N+](=NO)N(Cc1ccccc1)Cc1ccccc1. The Hall–Kier alpha value is -1.56. The van der Waals surface area contributed by atoms with E-state index in [1.54, 1.807) is 0 Å². The van der Waals surface area contributed by atoms with Gasteiger partial charge in [-0.15, -0.1) is 5.01 Å². The van der Waals surface area contributed by atoms with Crippen molar-refractivity contribution in [3.8, 4) is 0 Å². The molecular weight excluding hydrogens is 265 g/mol. The Kier molecular flexibility index (Phi) is 7.08. The number of hydrazine groups is 1. The summed E-state index contributed by atoms with van der Waals surface area (Å²) >= 11 is 0. The molecule has 0 aliphatic rings. The van der Waals surface area contributed by atoms with E-state index in [-0.39, 0.29) is 34.5 Å². The summed E-state index contributed by atoms with van der Waals surface area (Å²) in [5.74, 6) is 0. The molecule has 0 heterocycles. The molecule has 98 valence electrons. The van der Waals surface area contributed by atoms with Crippen LogP contribution in [0.4, 0.5) is 0 Å². The summed E-state index contributed by atoms with van der Waals surface area (Å²) in [4.78, 5) is 0.208. The van der Waals surface area contributed by atoms with Crippen LogP contribution >= 0.6 is 0 Å². The Morgan fingerprint density at radius 3 is 1.65 bits per heavy atom. The summed E-state index contributed by atoms with van der Waals surface area (Å²) in [5.41, 5.74) is 1.95. The van der Waals surface area contributed by atoms with Gasteiger partial charge in [0.05, 0.1) is 4.97 Å². The Bertz CT molecular complexity index is 493. The van der Waals surface area contributed by atoms with Crippen LogP contribution < -0.4 is 29.6 Å². The molecule has 0 unspecified atom stereocenters. The molecule has 0 saturated carbocycles. The van der Waals surface area contributed by atoms with Crippen molar-refractivity contribution in [3.63, 3.8) is 0 Å². The van der Waals surface area contributed by atoms with Gasteiger partial charge in [0.2, 0.25) is 5.28 Å². The van der Waals surface area contributed by atoms with E-state index in [0.717, 1.165) is 11.1 Å². The summed E-state index contributed by atoms with van der Waals surface area (Å²) in [6.45, 7) is 0.757. The first kappa shape index (κ1) is 16.5. The third-order valence-electron chi connectivity index (χ3n) is 2.73. The van der Waals surface area contributed by atoms with Crippen LogP contribution in [0.3, 0.4) is 0 Å². The maximum atomic E-state index is 11.5. The van der Waals surface area contributed by atoms with Gasteiger partial charge in [0, 0.05) is 0 Å². The molecule has 0 radical (unpaired) electrons. The van der Waals surface area contributed by atoms with E-state index in [4.69, 9.17) is 5.21 Å². The first-order valence-electron chi connectivity index (χ1n) is 5.94. The van der Waals surface area contributed by atoms with Gasteiger partial charge < -0.3 is 10.4 Å². The van der Waals surface area contributed by atoms with Crippen molar-refractivity contribution in [1.82, 2.24) is 5.01 Å². The van der Waals surface area contributed by atoms with Gasteiger partial charge in [0.15, 0.2) is 0 Å². The molecule has 6 heteroatoms. The van der Waals surface area contributed by atoms with Crippen LogP contribution in [0.1, 0.15) is 11.1 Å². The Morgan fingerprint density at radius 1 is 0.900 bits per heavy atom. The smallest absolute Gasteiger partial charge is 0.569 e. The molecule has 0 aliphatic carbocycles. The molecule has 0 fully saturated rings. The molecular formula is C14H15N3NaO2+. The van der Waals surface area contributed by atoms with E-state index in [9.17, 15) is 5.21 Å². The van der Waals surface area contributed by atoms with Crippen molar-refractivity contribution in [2.75, 3.05) is 0 Å². The van der Waals surface area contributed by atoms with E-state index in [1.807, 2.05) is 60.7 Å². The normalized spacial score (nSPS) is 10.7. The maximum Gasteiger partial charge on any atom is 1.00 e. The van der Waals surface area contributed by atoms with Crippen LogP contribution in [0.5, 0.6) is 0 Å². The van der Waals surface area contributed by atoms with Gasteiger partial charge in [-0.05, 0) is 11.1 Å². The van der Waals surface area contributed by atoms with Crippen molar-refractivity contribution in [3.05, 3.63) is 77.0 Å². The topological polar surface area (TPSA) is 61.9 Å². The number of benzene rings is 2. The number of hydrogen-bond donors (Lipinski definition) is 1. The molecule has 20 heavy (non-hydrogen) atoms. The van der Waals surface area contributed by atoms with Gasteiger partial charge in [0.1, 0.15) is 13.1 Å². The minimum atomic E-state index is 0. The number of rotatable bonds is 5. The van der Waals surface area contributed by atoms with E-state index in [2.05, 4.69) is 5.28 Å². The van der Waals surface area contributed by atoms with Gasteiger partial charge in [-0.2, -0.15) is 0 Å². The fourth-order valence-corrected chi connectivity index (χ4v) is 1.82. The molecule has 0 saturated heterocycles. The van der Waals surface area contributed by atoms with Crippen LogP contribution in [0.15, 0.2) is 65.9 Å². The molecule has 2 aromatic rings. The molecule has 1 N–H and O–H groups in total. The van der Waals surface area contributed by atoms with Gasteiger partial charge in [-0.1, -0.05) is 60.7 Å². The third-order valence-corrected chi connectivity index (χ3v) is 2.73. The maximum absolute atomic E-state index is 11.5. The predicted molar refractivity (Wildman–Crippen MR) is 70.0 cm³/mol. The second-order valence-corrected chi connectivity index (χ2v) is 4.14. The molecule has 0 amide bonds. The Labute approximate surface area is 140 Å². The van der Waals surface area contributed by atoms with Crippen molar-refractivity contribution in [1.29, 1.82) is 0 Å². The second-order valence-electron chi connectivity index (χ2n) is 4.14. The minimum Gasteiger partial charge on any atom is -0.569 e. The predicted octanol–water partition coefficient (Wildman–Crippen LogP) is -0.0405. The zero-order chi connectivity index (χ0) is 13.5. The van der Waals surface area contributed by atoms with Crippen LogP contribution in [-0.4, -0.2) is 15.2 Å². The molecule has 0 bridgehead atoms. The van der Waals surface area contributed by atoms with Crippen LogP contribution in [0, 0.1) is 5.21 Å². The fraction of sp³-hybridized carbons (Fsp3) is 0.143. The van der Waals surface area contributed by atoms with Crippen molar-refractivity contribution >= 4 is 0 Å². The zero-order valence-corrected chi connectivity index (χ0v) is 13.4. The van der Waals surface area contributed by atoms with E-state index in [1.165, 1.54) is 5.01 Å². The first-order valence-corrected chi connectivity index (χ1v) is 5.94. The van der Waals surface area contributed by atoms with Crippen LogP contribution in [-0.2, 0) is 13.1 Å². The number of hydrogen-bond acceptors (Lipinski definition) is 2. The first-order chi connectivity index (χ1) is 9.29. The monoisotopic (exact) mass is 280 g/mol. The van der Waals surface area contributed by atoms with Gasteiger partial charge >= 0.3 is 29.6 Å². The van der Waals surface area contributed by atoms with E-state index >= 15 is 0 Å². The minimum absolute atomic E-state index is 0. The van der Waals surface area contributed by atoms with Gasteiger partial charge in [-0.3, -0.25) is 0 Å². The largest absolute Gasteiger partial charge is 1.00 e. The molecule has 0 spiro atoms. The van der Waals surface area contributed by atoms with E-state index < -0.39 is 0 Å². The molecule has 0 aromatic heterocycles. The Morgan fingerprint density at radius 2 is 1.30 bits per heavy atom. The average molecular weight is 280 g/mol. The molecule has 0 aliphatic heterocycles. The van der Waals surface area contributed by atoms with Gasteiger partial charge in [0.25, 0.3) is 0 Å². The number of nitrogens with zero attached hydrogens (tertiary/aromatic N) is 3. The van der Waals surface area contributed by atoms with Crippen molar-refractivity contribution < 1.29 is 39.7 Å². The standard InChI is InChI=1S/C14H15N3O2.Na/c18-15-17(19)16(11-13-7-3-1-4-8-13)12-14-9-5-2-6-10-14;/h1-10,18H,11-12H2;/q;+1.